The number of anilines is 1. The Balaban J connectivity index is 1.60. The predicted molar refractivity (Wildman–Crippen MR) is 110 cm³/mol. The van der Waals surface area contributed by atoms with Crippen molar-refractivity contribution in [3.63, 3.8) is 0 Å². The van der Waals surface area contributed by atoms with Crippen LogP contribution in [0.2, 0.25) is 0 Å². The summed E-state index contributed by atoms with van der Waals surface area (Å²) in [4.78, 5) is 28.5. The maximum atomic E-state index is 13.4. The zero-order valence-electron chi connectivity index (χ0n) is 17.0. The van der Waals surface area contributed by atoms with E-state index in [1.807, 2.05) is 20.8 Å². The molecule has 0 unspecified atom stereocenters. The lowest BCUT2D eigenvalue weighted by molar-refractivity contribution is -0.140. The number of thiophene rings is 1. The Morgan fingerprint density at radius 2 is 1.68 bits per heavy atom. The first-order chi connectivity index (χ1) is 13.4. The van der Waals surface area contributed by atoms with Crippen molar-refractivity contribution in [2.45, 2.75) is 59.3 Å². The minimum Gasteiger partial charge on any atom is -0.338 e. The first kappa shape index (κ1) is 19.4. The van der Waals surface area contributed by atoms with E-state index in [0.717, 1.165) is 19.3 Å². The van der Waals surface area contributed by atoms with E-state index in [4.69, 9.17) is 0 Å². The monoisotopic (exact) mass is 399 g/mol. The standard InChI is InChI=1S/C22H29N3O2S/c1-4-25(5-2)20(26)18-13(3)17(12-23)19(28-18)24-21(27)22-9-14-6-15(10-22)8-16(7-14)11-22/h14-16H,4-11H2,1-3H3,(H,24,27). The Kier molecular flexibility index (Phi) is 4.99. The van der Waals surface area contributed by atoms with Crippen LogP contribution in [0.3, 0.4) is 0 Å². The average molecular weight is 400 g/mol. The number of nitrogens with zero attached hydrogens (tertiary/aromatic N) is 2. The van der Waals surface area contributed by atoms with Crippen molar-refractivity contribution in [3.05, 3.63) is 16.0 Å². The van der Waals surface area contributed by atoms with Gasteiger partial charge in [-0.1, -0.05) is 0 Å². The third-order valence-electron chi connectivity index (χ3n) is 7.25. The van der Waals surface area contributed by atoms with Crippen molar-refractivity contribution < 1.29 is 9.59 Å². The minimum atomic E-state index is -0.261. The summed E-state index contributed by atoms with van der Waals surface area (Å²) in [5.74, 6) is 2.09. The SMILES string of the molecule is CCN(CC)C(=O)c1sc(NC(=O)C23CC4CC(CC(C4)C2)C3)c(C#N)c1C. The molecule has 1 aromatic rings. The average Bonchev–Trinajstić information content (AvgIpc) is 2.96. The van der Waals surface area contributed by atoms with Crippen LogP contribution in [0.15, 0.2) is 0 Å². The molecule has 5 rings (SSSR count). The lowest BCUT2D eigenvalue weighted by Gasteiger charge is -2.55. The van der Waals surface area contributed by atoms with Crippen LogP contribution in [0.4, 0.5) is 5.00 Å². The Labute approximate surface area is 171 Å². The summed E-state index contributed by atoms with van der Waals surface area (Å²) in [6.45, 7) is 6.97. The quantitative estimate of drug-likeness (QED) is 0.788. The fraction of sp³-hybridized carbons (Fsp3) is 0.682. The van der Waals surface area contributed by atoms with Crippen LogP contribution in [0.25, 0.3) is 0 Å². The Bertz CT molecular complexity index is 811. The normalized spacial score (nSPS) is 30.1. The van der Waals surface area contributed by atoms with Crippen molar-refractivity contribution in [3.8, 4) is 6.07 Å². The van der Waals surface area contributed by atoms with Crippen molar-refractivity contribution >= 4 is 28.2 Å². The number of carbonyl (C=O) groups excluding carboxylic acids is 2. The minimum absolute atomic E-state index is 0.0562. The molecule has 2 amide bonds. The fourth-order valence-corrected chi connectivity index (χ4v) is 7.34. The van der Waals surface area contributed by atoms with Gasteiger partial charge in [0.05, 0.1) is 15.9 Å². The summed E-state index contributed by atoms with van der Waals surface area (Å²) in [5, 5.41) is 13.3. The molecule has 4 aliphatic carbocycles. The highest BCUT2D eigenvalue weighted by atomic mass is 32.1. The van der Waals surface area contributed by atoms with Gasteiger partial charge in [-0.05, 0) is 82.6 Å². The number of nitrogens with one attached hydrogen (secondary N) is 1. The van der Waals surface area contributed by atoms with Gasteiger partial charge in [-0.2, -0.15) is 5.26 Å². The van der Waals surface area contributed by atoms with Gasteiger partial charge in [-0.25, -0.2) is 0 Å². The van der Waals surface area contributed by atoms with E-state index in [-0.39, 0.29) is 17.2 Å². The highest BCUT2D eigenvalue weighted by Crippen LogP contribution is 2.60. The molecule has 150 valence electrons. The van der Waals surface area contributed by atoms with Gasteiger partial charge in [-0.3, -0.25) is 9.59 Å². The van der Waals surface area contributed by atoms with Crippen LogP contribution in [0.1, 0.15) is 73.2 Å². The second kappa shape index (κ2) is 7.18. The molecule has 0 radical (unpaired) electrons. The smallest absolute Gasteiger partial charge is 0.264 e. The summed E-state index contributed by atoms with van der Waals surface area (Å²) in [6.07, 6.45) is 6.83. The molecular weight excluding hydrogens is 370 g/mol. The van der Waals surface area contributed by atoms with Crippen LogP contribution < -0.4 is 5.32 Å². The van der Waals surface area contributed by atoms with Gasteiger partial charge in [0.2, 0.25) is 5.91 Å². The third kappa shape index (κ3) is 3.04. The number of nitriles is 1. The van der Waals surface area contributed by atoms with E-state index in [0.29, 0.717) is 51.8 Å². The Hall–Kier alpha value is -1.87. The summed E-state index contributed by atoms with van der Waals surface area (Å²) in [5.41, 5.74) is 0.867. The molecule has 1 aromatic heterocycles. The highest BCUT2D eigenvalue weighted by molar-refractivity contribution is 7.18. The van der Waals surface area contributed by atoms with Gasteiger partial charge in [-0.15, -0.1) is 11.3 Å². The van der Waals surface area contributed by atoms with Crippen LogP contribution in [0, 0.1) is 41.4 Å². The summed E-state index contributed by atoms with van der Waals surface area (Å²) in [7, 11) is 0. The number of hydrogen-bond acceptors (Lipinski definition) is 4. The van der Waals surface area contributed by atoms with Crippen molar-refractivity contribution in [2.24, 2.45) is 23.2 Å². The lowest BCUT2D eigenvalue weighted by Crippen LogP contribution is -2.51. The number of hydrogen-bond donors (Lipinski definition) is 1. The fourth-order valence-electron chi connectivity index (χ4n) is 6.22. The molecule has 4 saturated carbocycles. The molecule has 6 heteroatoms. The topological polar surface area (TPSA) is 73.2 Å². The molecule has 0 spiro atoms. The second-order valence-corrected chi connectivity index (χ2v) is 10.0. The van der Waals surface area contributed by atoms with E-state index in [9.17, 15) is 14.9 Å². The van der Waals surface area contributed by atoms with Crippen molar-refractivity contribution in [1.82, 2.24) is 4.90 Å². The lowest BCUT2D eigenvalue weighted by atomic mass is 9.49. The van der Waals surface area contributed by atoms with Crippen molar-refractivity contribution in [2.75, 3.05) is 18.4 Å². The molecule has 0 aromatic carbocycles. The number of carbonyl (C=O) groups is 2. The molecule has 1 heterocycles. The van der Waals surface area contributed by atoms with Gasteiger partial charge >= 0.3 is 0 Å². The van der Waals surface area contributed by atoms with Crippen molar-refractivity contribution in [1.29, 1.82) is 5.26 Å². The summed E-state index contributed by atoms with van der Waals surface area (Å²) < 4.78 is 0. The third-order valence-corrected chi connectivity index (χ3v) is 8.45. The Morgan fingerprint density at radius 3 is 2.14 bits per heavy atom. The van der Waals surface area contributed by atoms with E-state index in [1.54, 1.807) is 4.90 Å². The molecule has 4 fully saturated rings. The van der Waals surface area contributed by atoms with Gasteiger partial charge in [0, 0.05) is 13.1 Å². The first-order valence-corrected chi connectivity index (χ1v) is 11.4. The molecule has 1 N–H and O–H groups in total. The second-order valence-electron chi connectivity index (χ2n) is 9.00. The molecule has 0 aliphatic heterocycles. The molecular formula is C22H29N3O2S. The molecule has 0 saturated heterocycles. The van der Waals surface area contributed by atoms with Crippen LogP contribution in [-0.2, 0) is 4.79 Å². The number of amides is 2. The Morgan fingerprint density at radius 1 is 1.14 bits per heavy atom. The van der Waals surface area contributed by atoms with Crippen LogP contribution >= 0.6 is 11.3 Å². The van der Waals surface area contributed by atoms with Crippen LogP contribution in [-0.4, -0.2) is 29.8 Å². The highest BCUT2D eigenvalue weighted by Gasteiger charge is 2.54. The molecule has 0 atom stereocenters. The largest absolute Gasteiger partial charge is 0.338 e. The van der Waals surface area contributed by atoms with E-state index < -0.39 is 0 Å². The summed E-state index contributed by atoms with van der Waals surface area (Å²) >= 11 is 1.26. The van der Waals surface area contributed by atoms with Gasteiger partial charge in [0.15, 0.2) is 0 Å². The maximum Gasteiger partial charge on any atom is 0.264 e. The summed E-state index contributed by atoms with van der Waals surface area (Å²) in [6, 6.07) is 2.22. The predicted octanol–water partition coefficient (Wildman–Crippen LogP) is 4.57. The zero-order chi connectivity index (χ0) is 20.1. The van der Waals surface area contributed by atoms with E-state index >= 15 is 0 Å². The van der Waals surface area contributed by atoms with Gasteiger partial charge in [0.25, 0.3) is 5.91 Å². The van der Waals surface area contributed by atoms with Crippen LogP contribution in [0.5, 0.6) is 0 Å². The zero-order valence-corrected chi connectivity index (χ0v) is 17.8. The molecule has 4 bridgehead atoms. The molecule has 5 nitrogen and oxygen atoms in total. The van der Waals surface area contributed by atoms with Gasteiger partial charge in [0.1, 0.15) is 11.1 Å². The van der Waals surface area contributed by atoms with Gasteiger partial charge < -0.3 is 10.2 Å². The molecule has 4 aliphatic rings. The maximum absolute atomic E-state index is 13.4. The first-order valence-electron chi connectivity index (χ1n) is 10.5. The number of rotatable bonds is 5. The van der Waals surface area contributed by atoms with E-state index in [1.165, 1.54) is 30.6 Å². The van der Waals surface area contributed by atoms with E-state index in [2.05, 4.69) is 11.4 Å². The molecule has 28 heavy (non-hydrogen) atoms.